The normalized spacial score (nSPS) is 11.2. The molecule has 9 heteroatoms. The molecule has 19 heavy (non-hydrogen) atoms. The van der Waals surface area contributed by atoms with E-state index in [0.717, 1.165) is 16.2 Å². The molecular formula is C10H10N4O3S2. The molecule has 0 saturated heterocycles. The van der Waals surface area contributed by atoms with E-state index in [1.165, 1.54) is 24.7 Å². The highest BCUT2D eigenvalue weighted by atomic mass is 32.2. The van der Waals surface area contributed by atoms with Crippen LogP contribution >= 0.6 is 11.3 Å². The minimum Gasteiger partial charge on any atom is -0.272 e. The number of nitrogens with one attached hydrogen (secondary N) is 2. The topological polar surface area (TPSA) is 101 Å². The minimum atomic E-state index is -3.75. The Bertz CT molecular complexity index is 682. The molecule has 1 amide bonds. The van der Waals surface area contributed by atoms with Crippen LogP contribution in [0.2, 0.25) is 0 Å². The van der Waals surface area contributed by atoms with Crippen LogP contribution in [0.15, 0.2) is 34.9 Å². The molecule has 0 radical (unpaired) electrons. The van der Waals surface area contributed by atoms with Gasteiger partial charge in [-0.3, -0.25) is 15.2 Å². The number of aryl methyl sites for hydroxylation is 1. The van der Waals surface area contributed by atoms with Crippen LogP contribution in [0, 0.1) is 6.92 Å². The summed E-state index contributed by atoms with van der Waals surface area (Å²) in [5, 5.41) is 0. The third kappa shape index (κ3) is 3.34. The van der Waals surface area contributed by atoms with Crippen LogP contribution < -0.4 is 10.3 Å². The molecule has 0 bridgehead atoms. The van der Waals surface area contributed by atoms with E-state index in [0.29, 0.717) is 0 Å². The van der Waals surface area contributed by atoms with Crippen molar-refractivity contribution in [1.82, 2.24) is 20.2 Å². The number of nitrogens with zero attached hydrogens (tertiary/aromatic N) is 2. The molecule has 0 aromatic carbocycles. The van der Waals surface area contributed by atoms with Crippen LogP contribution in [0.5, 0.6) is 0 Å². The van der Waals surface area contributed by atoms with Crippen molar-refractivity contribution in [3.63, 3.8) is 0 Å². The van der Waals surface area contributed by atoms with Crippen molar-refractivity contribution in [3.05, 3.63) is 41.3 Å². The first-order valence-electron chi connectivity index (χ1n) is 5.13. The molecule has 0 saturated carbocycles. The lowest BCUT2D eigenvalue weighted by atomic mass is 10.4. The number of carbonyl (C=O) groups is 1. The molecule has 0 atom stereocenters. The first-order valence-corrected chi connectivity index (χ1v) is 7.43. The molecule has 0 unspecified atom stereocenters. The van der Waals surface area contributed by atoms with E-state index < -0.39 is 15.9 Å². The second-order valence-corrected chi connectivity index (χ2v) is 6.71. The molecule has 0 aliphatic rings. The van der Waals surface area contributed by atoms with Gasteiger partial charge < -0.3 is 0 Å². The van der Waals surface area contributed by atoms with E-state index >= 15 is 0 Å². The average molecular weight is 298 g/mol. The van der Waals surface area contributed by atoms with Gasteiger partial charge in [-0.05, 0) is 19.1 Å². The second-order valence-electron chi connectivity index (χ2n) is 3.52. The molecule has 0 aliphatic carbocycles. The zero-order valence-corrected chi connectivity index (χ0v) is 11.5. The van der Waals surface area contributed by atoms with Gasteiger partial charge in [-0.1, -0.05) is 0 Å². The fourth-order valence-corrected chi connectivity index (χ4v) is 3.32. The molecule has 2 heterocycles. The van der Waals surface area contributed by atoms with Crippen molar-refractivity contribution in [2.75, 3.05) is 0 Å². The zero-order chi connectivity index (χ0) is 13.9. The maximum atomic E-state index is 11.8. The Morgan fingerprint density at radius 1 is 1.32 bits per heavy atom. The standard InChI is InChI=1S/C10H10N4O3S2/c1-7-2-3-9(18-7)19(16,17)14-13-10(15)8-6-11-4-5-12-8/h2-6,14H,1H3,(H,13,15). The molecule has 100 valence electrons. The fraction of sp³-hybridized carbons (Fsp3) is 0.100. The predicted molar refractivity (Wildman–Crippen MR) is 68.9 cm³/mol. The Kier molecular flexibility index (Phi) is 3.88. The molecule has 7 nitrogen and oxygen atoms in total. The van der Waals surface area contributed by atoms with Gasteiger partial charge in [0.1, 0.15) is 9.90 Å². The first kappa shape index (κ1) is 13.6. The Morgan fingerprint density at radius 2 is 2.11 bits per heavy atom. The number of hydrazine groups is 1. The Labute approximate surface area is 113 Å². The summed E-state index contributed by atoms with van der Waals surface area (Å²) in [6.07, 6.45) is 3.99. The zero-order valence-electron chi connectivity index (χ0n) is 9.82. The molecule has 2 aromatic rings. The average Bonchev–Trinajstić information content (AvgIpc) is 2.85. The molecule has 0 fully saturated rings. The van der Waals surface area contributed by atoms with Gasteiger partial charge >= 0.3 is 0 Å². The number of hydrogen-bond donors (Lipinski definition) is 2. The van der Waals surface area contributed by atoms with Gasteiger partial charge in [0, 0.05) is 17.3 Å². The van der Waals surface area contributed by atoms with E-state index in [-0.39, 0.29) is 9.90 Å². The highest BCUT2D eigenvalue weighted by Crippen LogP contribution is 2.19. The SMILES string of the molecule is Cc1ccc(S(=O)(=O)NNC(=O)c2cnccn2)s1. The number of hydrogen-bond acceptors (Lipinski definition) is 6. The minimum absolute atomic E-state index is 0.0209. The number of thiophene rings is 1. The number of aromatic nitrogens is 2. The summed E-state index contributed by atoms with van der Waals surface area (Å²) in [6.45, 7) is 1.79. The van der Waals surface area contributed by atoms with Crippen LogP contribution in [0.25, 0.3) is 0 Å². The van der Waals surface area contributed by atoms with E-state index in [1.807, 2.05) is 4.83 Å². The monoisotopic (exact) mass is 298 g/mol. The van der Waals surface area contributed by atoms with Crippen molar-refractivity contribution in [1.29, 1.82) is 0 Å². The molecule has 2 N–H and O–H groups in total. The summed E-state index contributed by atoms with van der Waals surface area (Å²) in [4.78, 5) is 21.9. The Hall–Kier alpha value is -1.84. The molecule has 0 spiro atoms. The van der Waals surface area contributed by atoms with E-state index in [9.17, 15) is 13.2 Å². The summed E-state index contributed by atoms with van der Waals surface area (Å²) in [5.74, 6) is -0.676. The highest BCUT2D eigenvalue weighted by molar-refractivity contribution is 7.91. The molecular weight excluding hydrogens is 288 g/mol. The van der Waals surface area contributed by atoms with E-state index in [1.54, 1.807) is 13.0 Å². The third-order valence-corrected chi connectivity index (χ3v) is 4.82. The third-order valence-electron chi connectivity index (χ3n) is 2.08. The van der Waals surface area contributed by atoms with Crippen LogP contribution in [0.3, 0.4) is 0 Å². The van der Waals surface area contributed by atoms with Gasteiger partial charge in [-0.2, -0.15) is 0 Å². The smallest absolute Gasteiger partial charge is 0.272 e. The Balaban J connectivity index is 2.05. The predicted octanol–water partition coefficient (Wildman–Crippen LogP) is 0.470. The number of amides is 1. The van der Waals surface area contributed by atoms with E-state index in [2.05, 4.69) is 15.4 Å². The van der Waals surface area contributed by atoms with Gasteiger partial charge in [-0.25, -0.2) is 13.4 Å². The molecule has 2 rings (SSSR count). The van der Waals surface area contributed by atoms with Crippen LogP contribution in [-0.4, -0.2) is 24.3 Å². The molecule has 2 aromatic heterocycles. The van der Waals surface area contributed by atoms with Crippen LogP contribution in [0.1, 0.15) is 15.4 Å². The summed E-state index contributed by atoms with van der Waals surface area (Å²) in [5.41, 5.74) is 2.10. The van der Waals surface area contributed by atoms with Crippen LogP contribution in [0.4, 0.5) is 0 Å². The quantitative estimate of drug-likeness (QED) is 0.799. The van der Waals surface area contributed by atoms with Crippen molar-refractivity contribution >= 4 is 27.3 Å². The number of sulfonamides is 1. The lowest BCUT2D eigenvalue weighted by molar-refractivity contribution is 0.0939. The lowest BCUT2D eigenvalue weighted by Crippen LogP contribution is -2.41. The van der Waals surface area contributed by atoms with Crippen molar-refractivity contribution in [3.8, 4) is 0 Å². The highest BCUT2D eigenvalue weighted by Gasteiger charge is 2.17. The fourth-order valence-electron chi connectivity index (χ4n) is 1.20. The summed E-state index contributed by atoms with van der Waals surface area (Å²) in [6, 6.07) is 3.15. The van der Waals surface area contributed by atoms with Gasteiger partial charge in [0.15, 0.2) is 0 Å². The lowest BCUT2D eigenvalue weighted by Gasteiger charge is -2.05. The van der Waals surface area contributed by atoms with Gasteiger partial charge in [0.05, 0.1) is 6.20 Å². The maximum Gasteiger partial charge on any atom is 0.286 e. The summed E-state index contributed by atoms with van der Waals surface area (Å²) < 4.78 is 23.8. The number of carbonyl (C=O) groups excluding carboxylic acids is 1. The number of rotatable bonds is 4. The van der Waals surface area contributed by atoms with Gasteiger partial charge in [0.2, 0.25) is 0 Å². The van der Waals surface area contributed by atoms with Crippen molar-refractivity contribution in [2.24, 2.45) is 0 Å². The first-order chi connectivity index (χ1) is 8.99. The van der Waals surface area contributed by atoms with Gasteiger partial charge in [0.25, 0.3) is 15.9 Å². The van der Waals surface area contributed by atoms with Crippen molar-refractivity contribution in [2.45, 2.75) is 11.1 Å². The largest absolute Gasteiger partial charge is 0.286 e. The van der Waals surface area contributed by atoms with Crippen molar-refractivity contribution < 1.29 is 13.2 Å². The van der Waals surface area contributed by atoms with Gasteiger partial charge in [-0.15, -0.1) is 16.2 Å². The van der Waals surface area contributed by atoms with Crippen LogP contribution in [-0.2, 0) is 10.0 Å². The second kappa shape index (κ2) is 5.43. The Morgan fingerprint density at radius 3 is 2.68 bits per heavy atom. The molecule has 0 aliphatic heterocycles. The van der Waals surface area contributed by atoms with E-state index in [4.69, 9.17) is 0 Å². The summed E-state index contributed by atoms with van der Waals surface area (Å²) in [7, 11) is -3.75. The summed E-state index contributed by atoms with van der Waals surface area (Å²) >= 11 is 1.11. The maximum absolute atomic E-state index is 11.8.